The Bertz CT molecular complexity index is 719. The third kappa shape index (κ3) is 4.21. The molecule has 3 N–H and O–H groups in total. The van der Waals surface area contributed by atoms with Crippen molar-refractivity contribution in [2.75, 3.05) is 23.4 Å². The van der Waals surface area contributed by atoms with Crippen LogP contribution in [-0.4, -0.2) is 32.4 Å². The lowest BCUT2D eigenvalue weighted by Crippen LogP contribution is -2.23. The number of halogens is 1. The van der Waals surface area contributed by atoms with Gasteiger partial charge in [0.2, 0.25) is 5.91 Å². The fourth-order valence-corrected chi connectivity index (χ4v) is 4.00. The molecule has 1 heterocycles. The smallest absolute Gasteiger partial charge is 0.228 e. The van der Waals surface area contributed by atoms with E-state index in [1.54, 1.807) is 18.2 Å². The van der Waals surface area contributed by atoms with Gasteiger partial charge in [0.05, 0.1) is 29.0 Å². The van der Waals surface area contributed by atoms with Crippen molar-refractivity contribution in [3.63, 3.8) is 0 Å². The van der Waals surface area contributed by atoms with E-state index in [4.69, 9.17) is 17.3 Å². The molecule has 0 aromatic heterocycles. The molecule has 1 aliphatic rings. The predicted molar refractivity (Wildman–Crippen MR) is 82.8 cm³/mol. The third-order valence-electron chi connectivity index (χ3n) is 3.16. The van der Waals surface area contributed by atoms with Gasteiger partial charge in [-0.15, -0.1) is 0 Å². The molecule has 0 spiro atoms. The highest BCUT2D eigenvalue weighted by molar-refractivity contribution is 7.91. The number of rotatable bonds is 2. The van der Waals surface area contributed by atoms with E-state index in [2.05, 4.69) is 17.2 Å². The Morgan fingerprint density at radius 3 is 2.86 bits per heavy atom. The molecule has 0 aliphatic carbocycles. The molecule has 112 valence electrons. The quantitative estimate of drug-likeness (QED) is 0.794. The van der Waals surface area contributed by atoms with Gasteiger partial charge in [0.1, 0.15) is 0 Å². The standard InChI is InChI=1S/C14H15ClN2O3S/c15-13-4-3-12(8-10(13)2-1-6-16)17-14(18)11-5-7-21(19,20)9-11/h3-4,8,11H,5-7,9,16H2,(H,17,18). The Hall–Kier alpha value is -1.55. The molecule has 1 unspecified atom stereocenters. The fraction of sp³-hybridized carbons (Fsp3) is 0.357. The molecule has 1 atom stereocenters. The molecule has 7 heteroatoms. The van der Waals surface area contributed by atoms with Crippen molar-refractivity contribution < 1.29 is 13.2 Å². The molecular formula is C14H15ClN2O3S. The number of sulfone groups is 1. The highest BCUT2D eigenvalue weighted by atomic mass is 35.5. The zero-order valence-corrected chi connectivity index (χ0v) is 12.8. The first-order valence-corrected chi connectivity index (χ1v) is 8.61. The monoisotopic (exact) mass is 326 g/mol. The maximum atomic E-state index is 12.0. The Labute approximate surface area is 128 Å². The first kappa shape index (κ1) is 15.8. The zero-order chi connectivity index (χ0) is 15.5. The lowest BCUT2D eigenvalue weighted by atomic mass is 10.1. The summed E-state index contributed by atoms with van der Waals surface area (Å²) in [5.41, 5.74) is 6.42. The van der Waals surface area contributed by atoms with E-state index < -0.39 is 15.8 Å². The molecule has 0 saturated carbocycles. The summed E-state index contributed by atoms with van der Waals surface area (Å²) >= 11 is 6.00. The van der Waals surface area contributed by atoms with Gasteiger partial charge in [0.25, 0.3) is 0 Å². The summed E-state index contributed by atoms with van der Waals surface area (Å²) < 4.78 is 22.8. The van der Waals surface area contributed by atoms with Gasteiger partial charge in [0, 0.05) is 11.3 Å². The second kappa shape index (κ2) is 6.48. The summed E-state index contributed by atoms with van der Waals surface area (Å²) in [6.07, 6.45) is 0.363. The molecule has 1 saturated heterocycles. The number of hydrogen-bond acceptors (Lipinski definition) is 4. The Morgan fingerprint density at radius 2 is 2.24 bits per heavy atom. The van der Waals surface area contributed by atoms with Crippen LogP contribution in [0.15, 0.2) is 18.2 Å². The van der Waals surface area contributed by atoms with Crippen molar-refractivity contribution in [3.05, 3.63) is 28.8 Å². The van der Waals surface area contributed by atoms with Crippen LogP contribution >= 0.6 is 11.6 Å². The van der Waals surface area contributed by atoms with Crippen molar-refractivity contribution >= 4 is 33.0 Å². The first-order valence-electron chi connectivity index (χ1n) is 6.41. The third-order valence-corrected chi connectivity index (χ3v) is 5.26. The minimum absolute atomic E-state index is 0.0684. The van der Waals surface area contributed by atoms with E-state index in [9.17, 15) is 13.2 Å². The lowest BCUT2D eigenvalue weighted by Gasteiger charge is -2.10. The number of nitrogens with two attached hydrogens (primary N) is 1. The maximum absolute atomic E-state index is 12.0. The number of carbonyl (C=O) groups is 1. The first-order chi connectivity index (χ1) is 9.91. The summed E-state index contributed by atoms with van der Waals surface area (Å²) in [4.78, 5) is 12.0. The minimum atomic E-state index is -3.08. The molecule has 2 rings (SSSR count). The van der Waals surface area contributed by atoms with Crippen molar-refractivity contribution in [3.8, 4) is 11.8 Å². The molecular weight excluding hydrogens is 312 g/mol. The number of amides is 1. The summed E-state index contributed by atoms with van der Waals surface area (Å²) in [5, 5.41) is 3.17. The van der Waals surface area contributed by atoms with Crippen LogP contribution in [0.25, 0.3) is 0 Å². The van der Waals surface area contributed by atoms with Crippen LogP contribution < -0.4 is 11.1 Å². The zero-order valence-electron chi connectivity index (χ0n) is 11.2. The lowest BCUT2D eigenvalue weighted by molar-refractivity contribution is -0.119. The number of nitrogens with one attached hydrogen (secondary N) is 1. The van der Waals surface area contributed by atoms with E-state index >= 15 is 0 Å². The Kier molecular flexibility index (Phi) is 4.88. The van der Waals surface area contributed by atoms with Crippen LogP contribution in [-0.2, 0) is 14.6 Å². The normalized spacial score (nSPS) is 19.6. The molecule has 1 aromatic carbocycles. The van der Waals surface area contributed by atoms with E-state index in [0.29, 0.717) is 22.7 Å². The second-order valence-electron chi connectivity index (χ2n) is 4.79. The highest BCUT2D eigenvalue weighted by Gasteiger charge is 2.32. The second-order valence-corrected chi connectivity index (χ2v) is 7.43. The van der Waals surface area contributed by atoms with Crippen LogP contribution in [0.5, 0.6) is 0 Å². The number of carbonyl (C=O) groups excluding carboxylic acids is 1. The van der Waals surface area contributed by atoms with E-state index in [1.807, 2.05) is 0 Å². The fourth-order valence-electron chi connectivity index (χ4n) is 2.09. The van der Waals surface area contributed by atoms with Crippen LogP contribution in [0, 0.1) is 17.8 Å². The number of anilines is 1. The van der Waals surface area contributed by atoms with Crippen molar-refractivity contribution in [2.24, 2.45) is 11.7 Å². The van der Waals surface area contributed by atoms with Gasteiger partial charge in [-0.05, 0) is 24.6 Å². The van der Waals surface area contributed by atoms with Crippen molar-refractivity contribution in [2.45, 2.75) is 6.42 Å². The van der Waals surface area contributed by atoms with E-state index in [0.717, 1.165) is 0 Å². The van der Waals surface area contributed by atoms with E-state index in [-0.39, 0.29) is 24.0 Å². The minimum Gasteiger partial charge on any atom is -0.326 e. The Balaban J connectivity index is 2.11. The summed E-state index contributed by atoms with van der Waals surface area (Å²) in [6, 6.07) is 4.92. The largest absolute Gasteiger partial charge is 0.326 e. The van der Waals surface area contributed by atoms with Crippen LogP contribution in [0.4, 0.5) is 5.69 Å². The van der Waals surface area contributed by atoms with Gasteiger partial charge >= 0.3 is 0 Å². The van der Waals surface area contributed by atoms with Crippen LogP contribution in [0.3, 0.4) is 0 Å². The summed E-state index contributed by atoms with van der Waals surface area (Å²) in [5.74, 6) is 4.69. The SMILES string of the molecule is NCC#Cc1cc(NC(=O)C2CCS(=O)(=O)C2)ccc1Cl. The van der Waals surface area contributed by atoms with Crippen molar-refractivity contribution in [1.82, 2.24) is 0 Å². The molecule has 21 heavy (non-hydrogen) atoms. The van der Waals surface area contributed by atoms with Crippen molar-refractivity contribution in [1.29, 1.82) is 0 Å². The average molecular weight is 327 g/mol. The molecule has 1 aromatic rings. The topological polar surface area (TPSA) is 89.3 Å². The number of hydrogen-bond donors (Lipinski definition) is 2. The van der Waals surface area contributed by atoms with Gasteiger partial charge in [-0.1, -0.05) is 23.4 Å². The predicted octanol–water partition coefficient (Wildman–Crippen LogP) is 1.02. The van der Waals surface area contributed by atoms with Gasteiger partial charge in [-0.25, -0.2) is 8.42 Å². The summed E-state index contributed by atoms with van der Waals surface area (Å²) in [7, 11) is -3.08. The number of benzene rings is 1. The molecule has 0 bridgehead atoms. The van der Waals surface area contributed by atoms with E-state index in [1.165, 1.54) is 0 Å². The van der Waals surface area contributed by atoms with Gasteiger partial charge < -0.3 is 11.1 Å². The molecule has 1 aliphatic heterocycles. The van der Waals surface area contributed by atoms with Crippen LogP contribution in [0.1, 0.15) is 12.0 Å². The van der Waals surface area contributed by atoms with Crippen LogP contribution in [0.2, 0.25) is 5.02 Å². The summed E-state index contributed by atoms with van der Waals surface area (Å²) in [6.45, 7) is 0.215. The van der Waals surface area contributed by atoms with Gasteiger partial charge in [0.15, 0.2) is 9.84 Å². The average Bonchev–Trinajstić information content (AvgIpc) is 2.80. The van der Waals surface area contributed by atoms with Gasteiger partial charge in [-0.3, -0.25) is 4.79 Å². The Morgan fingerprint density at radius 1 is 1.48 bits per heavy atom. The molecule has 5 nitrogen and oxygen atoms in total. The molecule has 1 amide bonds. The molecule has 1 fully saturated rings. The maximum Gasteiger partial charge on any atom is 0.228 e. The molecule has 0 radical (unpaired) electrons. The highest BCUT2D eigenvalue weighted by Crippen LogP contribution is 2.23. The van der Waals surface area contributed by atoms with Gasteiger partial charge in [-0.2, -0.15) is 0 Å².